The second-order valence-corrected chi connectivity index (χ2v) is 6.38. The number of nitrogens with zero attached hydrogens (tertiary/aromatic N) is 1. The quantitative estimate of drug-likeness (QED) is 0.904. The molecule has 0 amide bonds. The molecule has 2 fully saturated rings. The Morgan fingerprint density at radius 2 is 2.00 bits per heavy atom. The molecule has 0 saturated carbocycles. The van der Waals surface area contributed by atoms with Gasteiger partial charge in [0.15, 0.2) is 0 Å². The fraction of sp³-hybridized carbons (Fsp3) is 0.667. The predicted octanol–water partition coefficient (Wildman–Crippen LogP) is 3.38. The summed E-state index contributed by atoms with van der Waals surface area (Å²) in [4.78, 5) is 2.79. The molecule has 0 aromatic heterocycles. The van der Waals surface area contributed by atoms with Crippen LogP contribution in [0, 0.1) is 5.92 Å². The number of aryl methyl sites for hydroxylation is 1. The third-order valence-corrected chi connectivity index (χ3v) is 5.28. The maximum Gasteiger partial charge on any atom is 0.0349 e. The van der Waals surface area contributed by atoms with Crippen LogP contribution in [-0.4, -0.2) is 30.6 Å². The van der Waals surface area contributed by atoms with Crippen LogP contribution >= 0.6 is 0 Å². The number of piperidine rings is 1. The Kier molecular flexibility index (Phi) is 4.42. The highest BCUT2D eigenvalue weighted by atomic mass is 15.2. The van der Waals surface area contributed by atoms with Crippen LogP contribution in [0.3, 0.4) is 0 Å². The third-order valence-electron chi connectivity index (χ3n) is 5.28. The van der Waals surface area contributed by atoms with Gasteiger partial charge >= 0.3 is 0 Å². The lowest BCUT2D eigenvalue weighted by molar-refractivity contribution is 0.0744. The van der Waals surface area contributed by atoms with Gasteiger partial charge < -0.3 is 5.32 Å². The average molecular weight is 272 g/mol. The van der Waals surface area contributed by atoms with Crippen molar-refractivity contribution in [2.24, 2.45) is 5.92 Å². The smallest absolute Gasteiger partial charge is 0.0349 e. The summed E-state index contributed by atoms with van der Waals surface area (Å²) in [7, 11) is 0. The van der Waals surface area contributed by atoms with Crippen LogP contribution in [0.4, 0.5) is 0 Å². The van der Waals surface area contributed by atoms with Crippen LogP contribution in [0.5, 0.6) is 0 Å². The Bertz CT molecular complexity index is 426. The molecule has 2 aliphatic heterocycles. The van der Waals surface area contributed by atoms with E-state index in [-0.39, 0.29) is 0 Å². The van der Waals surface area contributed by atoms with Crippen molar-refractivity contribution >= 4 is 0 Å². The van der Waals surface area contributed by atoms with E-state index in [4.69, 9.17) is 0 Å². The van der Waals surface area contributed by atoms with Gasteiger partial charge in [-0.2, -0.15) is 0 Å². The Hall–Kier alpha value is -0.860. The monoisotopic (exact) mass is 272 g/mol. The number of rotatable bonds is 4. The summed E-state index contributed by atoms with van der Waals surface area (Å²) in [5.41, 5.74) is 2.96. The van der Waals surface area contributed by atoms with Gasteiger partial charge in [-0.25, -0.2) is 0 Å². The summed E-state index contributed by atoms with van der Waals surface area (Å²) < 4.78 is 0. The molecular weight excluding hydrogens is 244 g/mol. The van der Waals surface area contributed by atoms with Crippen molar-refractivity contribution in [1.82, 2.24) is 10.2 Å². The van der Waals surface area contributed by atoms with E-state index in [0.29, 0.717) is 6.04 Å². The molecule has 1 aromatic carbocycles. The minimum Gasteiger partial charge on any atom is -0.315 e. The van der Waals surface area contributed by atoms with E-state index in [9.17, 15) is 0 Å². The van der Waals surface area contributed by atoms with Crippen molar-refractivity contribution in [2.75, 3.05) is 19.6 Å². The van der Waals surface area contributed by atoms with Gasteiger partial charge in [0.1, 0.15) is 0 Å². The van der Waals surface area contributed by atoms with Gasteiger partial charge in [-0.05, 0) is 55.8 Å². The van der Waals surface area contributed by atoms with Gasteiger partial charge in [0.2, 0.25) is 0 Å². The molecule has 110 valence electrons. The molecular formula is C18H28N2. The van der Waals surface area contributed by atoms with E-state index in [1.54, 1.807) is 0 Å². The minimum absolute atomic E-state index is 0.605. The molecule has 1 aromatic rings. The Morgan fingerprint density at radius 3 is 2.70 bits per heavy atom. The minimum atomic E-state index is 0.605. The summed E-state index contributed by atoms with van der Waals surface area (Å²) in [5, 5.41) is 3.60. The zero-order chi connectivity index (χ0) is 13.9. The largest absolute Gasteiger partial charge is 0.315 e. The van der Waals surface area contributed by atoms with Crippen LogP contribution in [0.25, 0.3) is 0 Å². The number of hydrogen-bond donors (Lipinski definition) is 1. The molecule has 2 nitrogen and oxygen atoms in total. The fourth-order valence-corrected chi connectivity index (χ4v) is 4.13. The number of fused-ring (bicyclic) bond motifs is 1. The van der Waals surface area contributed by atoms with Gasteiger partial charge in [0.25, 0.3) is 0 Å². The first-order chi connectivity index (χ1) is 9.83. The Labute approximate surface area is 123 Å². The summed E-state index contributed by atoms with van der Waals surface area (Å²) in [6, 6.07) is 10.7. The lowest BCUT2D eigenvalue weighted by Crippen LogP contribution is -2.46. The first kappa shape index (κ1) is 14.1. The lowest BCUT2D eigenvalue weighted by atomic mass is 9.88. The number of likely N-dealkylation sites (tertiary alicyclic amines) is 1. The van der Waals surface area contributed by atoms with Crippen LogP contribution in [0.2, 0.25) is 0 Å². The molecule has 0 bridgehead atoms. The summed E-state index contributed by atoms with van der Waals surface area (Å²) in [5.74, 6) is 0.882. The van der Waals surface area contributed by atoms with Gasteiger partial charge in [-0.15, -0.1) is 0 Å². The van der Waals surface area contributed by atoms with Gasteiger partial charge in [-0.1, -0.05) is 38.1 Å². The third kappa shape index (κ3) is 2.64. The fourth-order valence-electron chi connectivity index (χ4n) is 4.13. The van der Waals surface area contributed by atoms with E-state index in [2.05, 4.69) is 48.3 Å². The van der Waals surface area contributed by atoms with Crippen LogP contribution in [0.1, 0.15) is 50.3 Å². The van der Waals surface area contributed by atoms with Crippen molar-refractivity contribution in [3.63, 3.8) is 0 Å². The number of nitrogens with one attached hydrogen (secondary N) is 1. The molecule has 3 unspecified atom stereocenters. The van der Waals surface area contributed by atoms with Crippen LogP contribution in [0.15, 0.2) is 24.3 Å². The maximum atomic E-state index is 3.60. The number of benzene rings is 1. The van der Waals surface area contributed by atoms with Crippen molar-refractivity contribution in [2.45, 2.75) is 51.6 Å². The Morgan fingerprint density at radius 1 is 1.20 bits per heavy atom. The van der Waals surface area contributed by atoms with E-state index in [1.807, 2.05) is 0 Å². The van der Waals surface area contributed by atoms with Gasteiger partial charge in [0.05, 0.1) is 0 Å². The molecule has 0 aliphatic carbocycles. The van der Waals surface area contributed by atoms with E-state index in [0.717, 1.165) is 18.4 Å². The van der Waals surface area contributed by atoms with Crippen molar-refractivity contribution in [1.29, 1.82) is 0 Å². The molecule has 20 heavy (non-hydrogen) atoms. The van der Waals surface area contributed by atoms with Gasteiger partial charge in [0, 0.05) is 18.6 Å². The summed E-state index contributed by atoms with van der Waals surface area (Å²) in [6.07, 6.45) is 5.13. The summed E-state index contributed by atoms with van der Waals surface area (Å²) in [6.45, 7) is 8.26. The van der Waals surface area contributed by atoms with Crippen molar-refractivity contribution in [3.8, 4) is 0 Å². The Balaban J connectivity index is 1.80. The molecule has 2 heteroatoms. The first-order valence-corrected chi connectivity index (χ1v) is 8.38. The van der Waals surface area contributed by atoms with Crippen LogP contribution < -0.4 is 5.32 Å². The molecule has 1 N–H and O–H groups in total. The lowest BCUT2D eigenvalue weighted by Gasteiger charge is -2.42. The molecule has 0 spiro atoms. The normalized spacial score (nSPS) is 28.3. The zero-order valence-electron chi connectivity index (χ0n) is 12.9. The van der Waals surface area contributed by atoms with Crippen LogP contribution in [-0.2, 0) is 6.42 Å². The van der Waals surface area contributed by atoms with Crippen molar-refractivity contribution < 1.29 is 0 Å². The van der Waals surface area contributed by atoms with Gasteiger partial charge in [-0.3, -0.25) is 4.90 Å². The first-order valence-electron chi connectivity index (χ1n) is 8.38. The standard InChI is InChI=1S/C18H28N2/c1-3-14-7-9-15(10-8-14)17(4-2)20-11-5-6-16-12-19-13-18(16)20/h7-10,16-19H,3-6,11-13H2,1-2H3. The highest BCUT2D eigenvalue weighted by Crippen LogP contribution is 2.35. The van der Waals surface area contributed by atoms with Crippen molar-refractivity contribution in [3.05, 3.63) is 35.4 Å². The zero-order valence-corrected chi connectivity index (χ0v) is 12.9. The summed E-state index contributed by atoms with van der Waals surface area (Å²) >= 11 is 0. The highest BCUT2D eigenvalue weighted by molar-refractivity contribution is 5.25. The predicted molar refractivity (Wildman–Crippen MR) is 84.9 cm³/mol. The molecule has 0 radical (unpaired) electrons. The molecule has 2 saturated heterocycles. The van der Waals surface area contributed by atoms with E-state index in [1.165, 1.54) is 50.0 Å². The van der Waals surface area contributed by atoms with E-state index >= 15 is 0 Å². The molecule has 3 atom stereocenters. The second-order valence-electron chi connectivity index (χ2n) is 6.38. The molecule has 2 heterocycles. The average Bonchev–Trinajstić information content (AvgIpc) is 2.98. The number of hydrogen-bond acceptors (Lipinski definition) is 2. The molecule has 2 aliphatic rings. The highest BCUT2D eigenvalue weighted by Gasteiger charge is 2.37. The second kappa shape index (κ2) is 6.28. The van der Waals surface area contributed by atoms with E-state index < -0.39 is 0 Å². The molecule has 3 rings (SSSR count). The SMILES string of the molecule is CCc1ccc(C(CC)N2CCCC3CNCC32)cc1. The maximum absolute atomic E-state index is 3.60. The topological polar surface area (TPSA) is 15.3 Å².